The van der Waals surface area contributed by atoms with Crippen molar-refractivity contribution in [3.8, 4) is 16.8 Å². The third-order valence-electron chi connectivity index (χ3n) is 8.73. The van der Waals surface area contributed by atoms with Crippen LogP contribution in [-0.2, 0) is 16.1 Å². The van der Waals surface area contributed by atoms with Crippen LogP contribution in [0, 0.1) is 5.92 Å². The SMILES string of the molecule is CCOCc1c(Br)cc(C(=O)Nc2ccc(-c3cc(C4CCN(C(=O)C(C)C)CC4)n4ncnc(N)c34)cc2)c(=O)n1-c1ccccc1. The van der Waals surface area contributed by atoms with Crippen molar-refractivity contribution in [2.24, 2.45) is 5.92 Å². The van der Waals surface area contributed by atoms with Crippen LogP contribution in [0.4, 0.5) is 11.5 Å². The number of anilines is 2. The fraction of sp³-hybridized carbons (Fsp3) is 0.306. The number of pyridine rings is 1. The van der Waals surface area contributed by atoms with Crippen molar-refractivity contribution in [2.45, 2.75) is 46.1 Å². The molecule has 0 saturated carbocycles. The molecular weight excluding hydrogens is 674 g/mol. The maximum atomic E-state index is 13.7. The number of benzene rings is 2. The number of nitrogens with one attached hydrogen (secondary N) is 1. The molecule has 2 amide bonds. The number of hydrogen-bond donors (Lipinski definition) is 2. The van der Waals surface area contributed by atoms with Crippen LogP contribution < -0.4 is 16.6 Å². The molecule has 0 radical (unpaired) electrons. The van der Waals surface area contributed by atoms with Gasteiger partial charge in [0.25, 0.3) is 11.5 Å². The summed E-state index contributed by atoms with van der Waals surface area (Å²) in [5, 5.41) is 7.43. The summed E-state index contributed by atoms with van der Waals surface area (Å²) in [6.07, 6.45) is 3.11. The standard InChI is InChI=1S/C36H38BrN7O4/c1-4-48-20-31-29(37)18-28(36(47)43(31)26-8-6-5-7-9-26)34(45)41-25-12-10-23(11-13-25)27-19-30(44-32(27)33(38)39-21-40-44)24-14-16-42(17-15-24)35(46)22(2)3/h5-13,18-19,21-22,24H,4,14-17,20H2,1-3H3,(H,41,45)(H2,38,39,40). The van der Waals surface area contributed by atoms with E-state index in [9.17, 15) is 14.4 Å². The third kappa shape index (κ3) is 6.50. The van der Waals surface area contributed by atoms with Gasteiger partial charge in [0, 0.05) is 58.6 Å². The van der Waals surface area contributed by atoms with Gasteiger partial charge in [-0.1, -0.05) is 44.2 Å². The number of nitrogen functional groups attached to an aromatic ring is 1. The van der Waals surface area contributed by atoms with E-state index in [4.69, 9.17) is 10.5 Å². The van der Waals surface area contributed by atoms with E-state index in [2.05, 4.69) is 37.4 Å². The van der Waals surface area contributed by atoms with E-state index in [-0.39, 0.29) is 29.9 Å². The molecule has 0 bridgehead atoms. The molecule has 248 valence electrons. The normalized spacial score (nSPS) is 13.7. The van der Waals surface area contributed by atoms with Gasteiger partial charge in [-0.2, -0.15) is 5.10 Å². The van der Waals surface area contributed by atoms with E-state index in [1.54, 1.807) is 18.2 Å². The monoisotopic (exact) mass is 711 g/mol. The van der Waals surface area contributed by atoms with Gasteiger partial charge in [-0.3, -0.25) is 19.0 Å². The largest absolute Gasteiger partial charge is 0.382 e. The van der Waals surface area contributed by atoms with Gasteiger partial charge in [0.1, 0.15) is 17.4 Å². The van der Waals surface area contributed by atoms with Crippen molar-refractivity contribution in [1.82, 2.24) is 24.1 Å². The number of ether oxygens (including phenoxy) is 1. The van der Waals surface area contributed by atoms with Gasteiger partial charge >= 0.3 is 0 Å². The third-order valence-corrected chi connectivity index (χ3v) is 9.42. The van der Waals surface area contributed by atoms with E-state index in [0.29, 0.717) is 52.6 Å². The van der Waals surface area contributed by atoms with Crippen LogP contribution in [0.25, 0.3) is 22.3 Å². The van der Waals surface area contributed by atoms with Crippen LogP contribution in [0.15, 0.2) is 82.3 Å². The average Bonchev–Trinajstić information content (AvgIpc) is 3.49. The van der Waals surface area contributed by atoms with Crippen LogP contribution in [-0.4, -0.2) is 55.6 Å². The quantitative estimate of drug-likeness (QED) is 0.190. The molecule has 0 atom stereocenters. The number of amides is 2. The van der Waals surface area contributed by atoms with Crippen molar-refractivity contribution in [3.05, 3.63) is 105 Å². The summed E-state index contributed by atoms with van der Waals surface area (Å²) in [6, 6.07) is 20.2. The first-order valence-electron chi connectivity index (χ1n) is 16.1. The first-order chi connectivity index (χ1) is 23.2. The molecular formula is C36H38BrN7O4. The number of para-hydroxylation sites is 1. The molecule has 0 aliphatic carbocycles. The van der Waals surface area contributed by atoms with Gasteiger partial charge in [-0.25, -0.2) is 9.50 Å². The van der Waals surface area contributed by atoms with Crippen LogP contribution in [0.5, 0.6) is 0 Å². The zero-order valence-corrected chi connectivity index (χ0v) is 28.7. The highest BCUT2D eigenvalue weighted by molar-refractivity contribution is 9.10. The molecule has 48 heavy (non-hydrogen) atoms. The molecule has 5 aromatic rings. The molecule has 6 rings (SSSR count). The lowest BCUT2D eigenvalue weighted by atomic mass is 9.92. The number of hydrogen-bond acceptors (Lipinski definition) is 7. The van der Waals surface area contributed by atoms with Crippen molar-refractivity contribution in [2.75, 3.05) is 30.7 Å². The Morgan fingerprint density at radius 3 is 2.44 bits per heavy atom. The molecule has 0 spiro atoms. The van der Waals surface area contributed by atoms with Gasteiger partial charge in [0.15, 0.2) is 5.82 Å². The van der Waals surface area contributed by atoms with Crippen molar-refractivity contribution >= 4 is 44.8 Å². The minimum absolute atomic E-state index is 0.0100. The van der Waals surface area contributed by atoms with Crippen LogP contribution in [0.3, 0.4) is 0 Å². The van der Waals surface area contributed by atoms with Gasteiger partial charge in [-0.05, 0) is 77.7 Å². The minimum atomic E-state index is -0.530. The summed E-state index contributed by atoms with van der Waals surface area (Å²) in [5.74, 6) is 0.195. The molecule has 2 aromatic carbocycles. The van der Waals surface area contributed by atoms with Gasteiger partial charge in [0.05, 0.1) is 12.3 Å². The topological polar surface area (TPSA) is 137 Å². The first kappa shape index (κ1) is 33.1. The zero-order chi connectivity index (χ0) is 33.9. The van der Waals surface area contributed by atoms with Gasteiger partial charge in [0.2, 0.25) is 5.91 Å². The second kappa shape index (κ2) is 14.1. The summed E-state index contributed by atoms with van der Waals surface area (Å²) < 4.78 is 9.59. The number of carbonyl (C=O) groups is 2. The smallest absolute Gasteiger partial charge is 0.268 e. The lowest BCUT2D eigenvalue weighted by Crippen LogP contribution is -2.40. The molecule has 1 fully saturated rings. The van der Waals surface area contributed by atoms with E-state index < -0.39 is 11.5 Å². The van der Waals surface area contributed by atoms with E-state index in [1.807, 2.05) is 72.7 Å². The molecule has 1 aliphatic heterocycles. The Kier molecular flexibility index (Phi) is 9.74. The molecule has 4 heterocycles. The maximum Gasteiger partial charge on any atom is 0.268 e. The average molecular weight is 713 g/mol. The molecule has 11 nitrogen and oxygen atoms in total. The van der Waals surface area contributed by atoms with Crippen molar-refractivity contribution in [1.29, 1.82) is 0 Å². The molecule has 1 aliphatic rings. The summed E-state index contributed by atoms with van der Waals surface area (Å²) >= 11 is 3.56. The van der Waals surface area contributed by atoms with Crippen molar-refractivity contribution in [3.63, 3.8) is 0 Å². The molecule has 3 aromatic heterocycles. The van der Waals surface area contributed by atoms with E-state index in [0.717, 1.165) is 29.7 Å². The Bertz CT molecular complexity index is 2010. The number of piperidine rings is 1. The number of nitrogens with zero attached hydrogens (tertiary/aromatic N) is 5. The van der Waals surface area contributed by atoms with Gasteiger partial charge < -0.3 is 20.7 Å². The van der Waals surface area contributed by atoms with Crippen molar-refractivity contribution < 1.29 is 14.3 Å². The number of fused-ring (bicyclic) bond motifs is 1. The summed E-state index contributed by atoms with van der Waals surface area (Å²) in [7, 11) is 0. The lowest BCUT2D eigenvalue weighted by Gasteiger charge is -2.33. The van der Waals surface area contributed by atoms with Crippen LogP contribution >= 0.6 is 15.9 Å². The van der Waals surface area contributed by atoms with E-state index >= 15 is 0 Å². The maximum absolute atomic E-state index is 13.7. The van der Waals surface area contributed by atoms with E-state index in [1.165, 1.54) is 10.9 Å². The Labute approximate surface area is 286 Å². The summed E-state index contributed by atoms with van der Waals surface area (Å²) in [5.41, 5.74) is 11.2. The number of halogens is 1. The Balaban J connectivity index is 1.27. The summed E-state index contributed by atoms with van der Waals surface area (Å²) in [4.78, 5) is 46.0. The number of nitrogens with two attached hydrogens (primary N) is 1. The second-order valence-corrected chi connectivity index (χ2v) is 13.0. The predicted octanol–water partition coefficient (Wildman–Crippen LogP) is 6.04. The fourth-order valence-corrected chi connectivity index (χ4v) is 6.78. The Hall–Kier alpha value is -4.81. The fourth-order valence-electron chi connectivity index (χ4n) is 6.26. The molecule has 0 unspecified atom stereocenters. The van der Waals surface area contributed by atoms with Crippen LogP contribution in [0.1, 0.15) is 61.3 Å². The number of likely N-dealkylation sites (tertiary alicyclic amines) is 1. The summed E-state index contributed by atoms with van der Waals surface area (Å²) in [6.45, 7) is 7.82. The second-order valence-electron chi connectivity index (χ2n) is 12.1. The highest BCUT2D eigenvalue weighted by Crippen LogP contribution is 2.37. The first-order valence-corrected chi connectivity index (χ1v) is 16.9. The van der Waals surface area contributed by atoms with Crippen LogP contribution in [0.2, 0.25) is 0 Å². The van der Waals surface area contributed by atoms with Gasteiger partial charge in [-0.15, -0.1) is 0 Å². The highest BCUT2D eigenvalue weighted by Gasteiger charge is 2.28. The predicted molar refractivity (Wildman–Crippen MR) is 189 cm³/mol. The zero-order valence-electron chi connectivity index (χ0n) is 27.1. The molecule has 12 heteroatoms. The molecule has 3 N–H and O–H groups in total. The highest BCUT2D eigenvalue weighted by atomic mass is 79.9. The minimum Gasteiger partial charge on any atom is -0.382 e. The number of carbonyl (C=O) groups excluding carboxylic acids is 2. The molecule has 1 saturated heterocycles. The Morgan fingerprint density at radius 1 is 1.06 bits per heavy atom. The lowest BCUT2D eigenvalue weighted by molar-refractivity contribution is -0.135. The number of rotatable bonds is 9. The Morgan fingerprint density at radius 2 is 1.77 bits per heavy atom. The number of aromatic nitrogens is 4.